The summed E-state index contributed by atoms with van der Waals surface area (Å²) in [6, 6.07) is 13.1. The molecule has 2 aromatic carbocycles. The Bertz CT molecular complexity index is 1050. The Kier molecular flexibility index (Phi) is 4.56. The molecule has 142 valence electrons. The Labute approximate surface area is 160 Å². The number of nitrogens with one attached hydrogen (secondary N) is 1. The number of halogens is 1. The Balaban J connectivity index is 1.48. The van der Waals surface area contributed by atoms with Gasteiger partial charge in [-0.15, -0.1) is 5.10 Å². The van der Waals surface area contributed by atoms with E-state index in [2.05, 4.69) is 20.8 Å². The number of carbonyl (C=O) groups excluding carboxylic acids is 2. The Morgan fingerprint density at radius 1 is 1.21 bits per heavy atom. The first-order valence-corrected chi connectivity index (χ1v) is 8.74. The number of carbonyl (C=O) groups is 2. The maximum atomic E-state index is 14.0. The molecule has 1 aromatic heterocycles. The molecule has 9 heteroatoms. The number of para-hydroxylation sites is 1. The highest BCUT2D eigenvalue weighted by Gasteiger charge is 2.36. The van der Waals surface area contributed by atoms with Gasteiger partial charge in [-0.25, -0.2) is 4.39 Å². The topological polar surface area (TPSA) is 93.0 Å². The molecule has 1 N–H and O–H groups in total. The summed E-state index contributed by atoms with van der Waals surface area (Å²) in [4.78, 5) is 26.3. The van der Waals surface area contributed by atoms with Crippen molar-refractivity contribution in [1.82, 2.24) is 20.2 Å². The lowest BCUT2D eigenvalue weighted by atomic mass is 10.1. The van der Waals surface area contributed by atoms with Crippen LogP contribution in [0.1, 0.15) is 12.2 Å². The molecule has 0 bridgehead atoms. The average molecular weight is 380 g/mol. The van der Waals surface area contributed by atoms with Gasteiger partial charge in [0.1, 0.15) is 5.82 Å². The quantitative estimate of drug-likeness (QED) is 0.748. The summed E-state index contributed by atoms with van der Waals surface area (Å²) in [7, 11) is 0. The van der Waals surface area contributed by atoms with E-state index in [1.807, 2.05) is 6.07 Å². The van der Waals surface area contributed by atoms with E-state index < -0.39 is 11.7 Å². The van der Waals surface area contributed by atoms with Crippen LogP contribution >= 0.6 is 0 Å². The van der Waals surface area contributed by atoms with E-state index in [9.17, 15) is 14.0 Å². The van der Waals surface area contributed by atoms with Gasteiger partial charge in [-0.2, -0.15) is 4.68 Å². The molecule has 1 saturated heterocycles. The maximum Gasteiger partial charge on any atom is 0.229 e. The van der Waals surface area contributed by atoms with Crippen molar-refractivity contribution in [2.24, 2.45) is 5.92 Å². The van der Waals surface area contributed by atoms with Crippen molar-refractivity contribution in [1.29, 1.82) is 0 Å². The highest BCUT2D eigenvalue weighted by molar-refractivity contribution is 6.03. The third kappa shape index (κ3) is 3.34. The van der Waals surface area contributed by atoms with Gasteiger partial charge in [0.15, 0.2) is 5.82 Å². The standard InChI is InChI=1S/C19H17FN6O2/c1-12-22-23-24-26(12)15-6-4-5-14(10-15)21-19(28)13-9-18(27)25(11-13)17-8-3-2-7-16(17)20/h2-8,10,13H,9,11H2,1H3,(H,21,28). The second kappa shape index (κ2) is 7.18. The first-order valence-electron chi connectivity index (χ1n) is 8.74. The predicted molar refractivity (Wildman–Crippen MR) is 99.4 cm³/mol. The van der Waals surface area contributed by atoms with Gasteiger partial charge in [0.2, 0.25) is 11.8 Å². The van der Waals surface area contributed by atoms with Gasteiger partial charge in [-0.3, -0.25) is 9.59 Å². The smallest absolute Gasteiger partial charge is 0.229 e. The minimum absolute atomic E-state index is 0.0337. The number of amides is 2. The van der Waals surface area contributed by atoms with Crippen molar-refractivity contribution in [3.63, 3.8) is 0 Å². The van der Waals surface area contributed by atoms with Crippen LogP contribution in [0.2, 0.25) is 0 Å². The number of nitrogens with zero attached hydrogens (tertiary/aromatic N) is 5. The fraction of sp³-hybridized carbons (Fsp3) is 0.211. The minimum atomic E-state index is -0.564. The van der Waals surface area contributed by atoms with Crippen molar-refractivity contribution < 1.29 is 14.0 Å². The summed E-state index contributed by atoms with van der Waals surface area (Å²) in [5, 5.41) is 14.2. The molecule has 2 amide bonds. The summed E-state index contributed by atoms with van der Waals surface area (Å²) in [5.41, 5.74) is 1.46. The van der Waals surface area contributed by atoms with Gasteiger partial charge < -0.3 is 10.2 Å². The lowest BCUT2D eigenvalue weighted by Crippen LogP contribution is -2.28. The molecule has 4 rings (SSSR count). The van der Waals surface area contributed by atoms with Crippen LogP contribution in [0.15, 0.2) is 48.5 Å². The summed E-state index contributed by atoms with van der Waals surface area (Å²) in [6.07, 6.45) is 0.0337. The molecule has 1 fully saturated rings. The number of tetrazole rings is 1. The molecule has 8 nitrogen and oxygen atoms in total. The Morgan fingerprint density at radius 3 is 2.79 bits per heavy atom. The van der Waals surface area contributed by atoms with Crippen LogP contribution in [-0.4, -0.2) is 38.6 Å². The fourth-order valence-corrected chi connectivity index (χ4v) is 3.22. The summed E-state index contributed by atoms with van der Waals surface area (Å²) in [5.74, 6) is -1.00. The second-order valence-corrected chi connectivity index (χ2v) is 6.53. The Hall–Kier alpha value is -3.62. The van der Waals surface area contributed by atoms with Crippen molar-refractivity contribution in [3.8, 4) is 5.69 Å². The monoisotopic (exact) mass is 380 g/mol. The van der Waals surface area contributed by atoms with Crippen LogP contribution in [0, 0.1) is 18.7 Å². The number of benzene rings is 2. The van der Waals surface area contributed by atoms with E-state index >= 15 is 0 Å². The highest BCUT2D eigenvalue weighted by Crippen LogP contribution is 2.28. The third-order valence-corrected chi connectivity index (χ3v) is 4.62. The van der Waals surface area contributed by atoms with Crippen molar-refractivity contribution in [2.45, 2.75) is 13.3 Å². The zero-order valence-electron chi connectivity index (χ0n) is 15.0. The van der Waals surface area contributed by atoms with Crippen LogP contribution < -0.4 is 10.2 Å². The van der Waals surface area contributed by atoms with Gasteiger partial charge in [-0.05, 0) is 47.7 Å². The number of hydrogen-bond donors (Lipinski definition) is 1. The lowest BCUT2D eigenvalue weighted by Gasteiger charge is -2.17. The predicted octanol–water partition coefficient (Wildman–Crippen LogP) is 2.10. The summed E-state index contributed by atoms with van der Waals surface area (Å²) >= 11 is 0. The zero-order chi connectivity index (χ0) is 19.7. The van der Waals surface area contributed by atoms with Gasteiger partial charge in [0, 0.05) is 18.7 Å². The largest absolute Gasteiger partial charge is 0.326 e. The normalized spacial score (nSPS) is 16.4. The molecule has 28 heavy (non-hydrogen) atoms. The van der Waals surface area contributed by atoms with Crippen LogP contribution in [0.3, 0.4) is 0 Å². The van der Waals surface area contributed by atoms with Crippen LogP contribution in [0.4, 0.5) is 15.8 Å². The molecule has 1 aliphatic rings. The summed E-state index contributed by atoms with van der Waals surface area (Å²) < 4.78 is 15.5. The maximum absolute atomic E-state index is 14.0. The number of aromatic nitrogens is 4. The Morgan fingerprint density at radius 2 is 2.04 bits per heavy atom. The number of anilines is 2. The van der Waals surface area contributed by atoms with Crippen LogP contribution in [-0.2, 0) is 9.59 Å². The van der Waals surface area contributed by atoms with Gasteiger partial charge in [0.25, 0.3) is 0 Å². The van der Waals surface area contributed by atoms with Crippen molar-refractivity contribution in [2.75, 3.05) is 16.8 Å². The zero-order valence-corrected chi connectivity index (χ0v) is 15.0. The molecule has 0 radical (unpaired) electrons. The van der Waals surface area contributed by atoms with Gasteiger partial charge in [0.05, 0.1) is 17.3 Å². The first kappa shape index (κ1) is 17.8. The fourth-order valence-electron chi connectivity index (χ4n) is 3.22. The molecule has 1 atom stereocenters. The molecule has 0 aliphatic carbocycles. The third-order valence-electron chi connectivity index (χ3n) is 4.62. The minimum Gasteiger partial charge on any atom is -0.326 e. The van der Waals surface area contributed by atoms with Crippen molar-refractivity contribution >= 4 is 23.2 Å². The van der Waals surface area contributed by atoms with E-state index in [0.717, 1.165) is 0 Å². The molecular weight excluding hydrogens is 363 g/mol. The van der Waals surface area contributed by atoms with E-state index in [-0.39, 0.29) is 30.5 Å². The van der Waals surface area contributed by atoms with Crippen molar-refractivity contribution in [3.05, 3.63) is 60.2 Å². The van der Waals surface area contributed by atoms with Gasteiger partial charge in [-0.1, -0.05) is 18.2 Å². The molecule has 3 aromatic rings. The van der Waals surface area contributed by atoms with Gasteiger partial charge >= 0.3 is 0 Å². The number of rotatable bonds is 4. The molecule has 1 unspecified atom stereocenters. The average Bonchev–Trinajstić information content (AvgIpc) is 3.28. The number of aryl methyl sites for hydroxylation is 1. The molecule has 1 aliphatic heterocycles. The van der Waals surface area contributed by atoms with E-state index in [1.54, 1.807) is 41.9 Å². The van der Waals surface area contributed by atoms with E-state index in [0.29, 0.717) is 17.2 Å². The lowest BCUT2D eigenvalue weighted by molar-refractivity contribution is -0.122. The first-order chi connectivity index (χ1) is 13.5. The van der Waals surface area contributed by atoms with E-state index in [1.165, 1.54) is 17.0 Å². The highest BCUT2D eigenvalue weighted by atomic mass is 19.1. The summed E-state index contributed by atoms with van der Waals surface area (Å²) in [6.45, 7) is 1.91. The molecule has 0 spiro atoms. The number of hydrogen-bond acceptors (Lipinski definition) is 5. The second-order valence-electron chi connectivity index (χ2n) is 6.53. The van der Waals surface area contributed by atoms with Crippen LogP contribution in [0.5, 0.6) is 0 Å². The molecular formula is C19H17FN6O2. The SMILES string of the molecule is Cc1nnnn1-c1cccc(NC(=O)C2CC(=O)N(c3ccccc3F)C2)c1. The van der Waals surface area contributed by atoms with Crippen LogP contribution in [0.25, 0.3) is 5.69 Å². The molecule has 2 heterocycles. The molecule has 0 saturated carbocycles. The van der Waals surface area contributed by atoms with E-state index in [4.69, 9.17) is 0 Å².